The van der Waals surface area contributed by atoms with Crippen LogP contribution in [-0.2, 0) is 0 Å². The van der Waals surface area contributed by atoms with Crippen LogP contribution >= 0.6 is 0 Å². The van der Waals surface area contributed by atoms with E-state index in [1.165, 1.54) is 5.56 Å². The summed E-state index contributed by atoms with van der Waals surface area (Å²) in [7, 11) is 0. The third-order valence-electron chi connectivity index (χ3n) is 2.55. The standard InChI is InChI=1S/C12H15NO/c14-9-11-7-4-8-12(13-11)10-5-2-1-3-6-10/h1-7,11-14H,8-9H2. The van der Waals surface area contributed by atoms with Crippen LogP contribution in [0.15, 0.2) is 42.5 Å². The van der Waals surface area contributed by atoms with E-state index in [9.17, 15) is 0 Å². The Labute approximate surface area is 84.3 Å². The second-order valence-electron chi connectivity index (χ2n) is 3.58. The van der Waals surface area contributed by atoms with E-state index < -0.39 is 0 Å². The van der Waals surface area contributed by atoms with E-state index in [2.05, 4.69) is 23.5 Å². The molecule has 0 aliphatic carbocycles. The fourth-order valence-electron chi connectivity index (χ4n) is 1.79. The lowest BCUT2D eigenvalue weighted by Crippen LogP contribution is -2.36. The van der Waals surface area contributed by atoms with Gasteiger partial charge in [-0.15, -0.1) is 0 Å². The SMILES string of the molecule is OCC1C=CCC(c2ccccc2)N1. The van der Waals surface area contributed by atoms with Crippen LogP contribution in [0.3, 0.4) is 0 Å². The summed E-state index contributed by atoms with van der Waals surface area (Å²) >= 11 is 0. The van der Waals surface area contributed by atoms with Crippen molar-refractivity contribution in [3.05, 3.63) is 48.0 Å². The predicted molar refractivity (Wildman–Crippen MR) is 56.9 cm³/mol. The molecule has 1 heterocycles. The van der Waals surface area contributed by atoms with Gasteiger partial charge in [0, 0.05) is 12.1 Å². The Hall–Kier alpha value is -1.12. The van der Waals surface area contributed by atoms with Crippen molar-refractivity contribution in [3.8, 4) is 0 Å². The van der Waals surface area contributed by atoms with Gasteiger partial charge in [-0.1, -0.05) is 42.5 Å². The summed E-state index contributed by atoms with van der Waals surface area (Å²) in [5, 5.41) is 12.4. The minimum Gasteiger partial charge on any atom is -0.394 e. The van der Waals surface area contributed by atoms with Crippen LogP contribution in [0.25, 0.3) is 0 Å². The number of hydrogen-bond acceptors (Lipinski definition) is 2. The Morgan fingerprint density at radius 2 is 2.07 bits per heavy atom. The molecule has 1 aliphatic rings. The first-order valence-electron chi connectivity index (χ1n) is 4.98. The largest absolute Gasteiger partial charge is 0.394 e. The first-order chi connectivity index (χ1) is 6.90. The Kier molecular flexibility index (Phi) is 2.96. The summed E-state index contributed by atoms with van der Waals surface area (Å²) in [5.41, 5.74) is 1.29. The number of aliphatic hydroxyl groups excluding tert-OH is 1. The van der Waals surface area contributed by atoms with E-state index >= 15 is 0 Å². The zero-order valence-electron chi connectivity index (χ0n) is 8.06. The van der Waals surface area contributed by atoms with Gasteiger partial charge in [-0.25, -0.2) is 0 Å². The van der Waals surface area contributed by atoms with Crippen molar-refractivity contribution in [2.45, 2.75) is 18.5 Å². The minimum absolute atomic E-state index is 0.106. The topological polar surface area (TPSA) is 32.3 Å². The van der Waals surface area contributed by atoms with Crippen molar-refractivity contribution < 1.29 is 5.11 Å². The van der Waals surface area contributed by atoms with Gasteiger partial charge in [0.05, 0.1) is 6.61 Å². The van der Waals surface area contributed by atoms with Gasteiger partial charge in [0.1, 0.15) is 0 Å². The lowest BCUT2D eigenvalue weighted by atomic mass is 9.99. The first kappa shape index (κ1) is 9.44. The van der Waals surface area contributed by atoms with Gasteiger partial charge < -0.3 is 10.4 Å². The summed E-state index contributed by atoms with van der Waals surface area (Å²) in [6.45, 7) is 0.167. The van der Waals surface area contributed by atoms with Crippen LogP contribution in [-0.4, -0.2) is 17.8 Å². The fourth-order valence-corrected chi connectivity index (χ4v) is 1.79. The summed E-state index contributed by atoms with van der Waals surface area (Å²) < 4.78 is 0. The second kappa shape index (κ2) is 4.40. The molecule has 2 nitrogen and oxygen atoms in total. The summed E-state index contributed by atoms with van der Waals surface area (Å²) in [6, 6.07) is 10.8. The normalized spacial score (nSPS) is 26.4. The number of benzene rings is 1. The van der Waals surface area contributed by atoms with Crippen molar-refractivity contribution >= 4 is 0 Å². The molecular weight excluding hydrogens is 174 g/mol. The number of nitrogens with one attached hydrogen (secondary N) is 1. The van der Waals surface area contributed by atoms with Crippen LogP contribution in [0.4, 0.5) is 0 Å². The average Bonchev–Trinajstić information content (AvgIpc) is 2.30. The monoisotopic (exact) mass is 189 g/mol. The minimum atomic E-state index is 0.106. The van der Waals surface area contributed by atoms with Gasteiger partial charge >= 0.3 is 0 Å². The summed E-state index contributed by atoms with van der Waals surface area (Å²) in [6.07, 6.45) is 5.16. The first-order valence-corrected chi connectivity index (χ1v) is 4.98. The third-order valence-corrected chi connectivity index (χ3v) is 2.55. The fraction of sp³-hybridized carbons (Fsp3) is 0.333. The van der Waals surface area contributed by atoms with Crippen LogP contribution in [0, 0.1) is 0 Å². The highest BCUT2D eigenvalue weighted by molar-refractivity contribution is 5.21. The van der Waals surface area contributed by atoms with Crippen LogP contribution in [0.1, 0.15) is 18.0 Å². The van der Waals surface area contributed by atoms with E-state index in [0.29, 0.717) is 6.04 Å². The molecule has 0 radical (unpaired) electrons. The van der Waals surface area contributed by atoms with Gasteiger partial charge in [-0.2, -0.15) is 0 Å². The molecule has 2 atom stereocenters. The van der Waals surface area contributed by atoms with Crippen LogP contribution in [0.2, 0.25) is 0 Å². The second-order valence-corrected chi connectivity index (χ2v) is 3.58. The third kappa shape index (κ3) is 2.03. The predicted octanol–water partition coefficient (Wildman–Crippen LogP) is 1.64. The Morgan fingerprint density at radius 1 is 1.29 bits per heavy atom. The molecule has 14 heavy (non-hydrogen) atoms. The van der Waals surface area contributed by atoms with Gasteiger partial charge in [-0.3, -0.25) is 0 Å². The zero-order chi connectivity index (χ0) is 9.80. The van der Waals surface area contributed by atoms with E-state index in [1.807, 2.05) is 24.3 Å². The quantitative estimate of drug-likeness (QED) is 0.693. The number of hydrogen-bond donors (Lipinski definition) is 2. The lowest BCUT2D eigenvalue weighted by Gasteiger charge is -2.26. The molecule has 2 unspecified atom stereocenters. The molecular formula is C12H15NO. The van der Waals surface area contributed by atoms with Crippen LogP contribution in [0.5, 0.6) is 0 Å². The van der Waals surface area contributed by atoms with E-state index in [1.54, 1.807) is 0 Å². The maximum atomic E-state index is 9.04. The molecule has 0 saturated heterocycles. The van der Waals surface area contributed by atoms with Crippen LogP contribution < -0.4 is 5.32 Å². The highest BCUT2D eigenvalue weighted by atomic mass is 16.3. The maximum absolute atomic E-state index is 9.04. The molecule has 1 aliphatic heterocycles. The van der Waals surface area contributed by atoms with Crippen molar-refractivity contribution in [2.75, 3.05) is 6.61 Å². The molecule has 2 N–H and O–H groups in total. The van der Waals surface area contributed by atoms with Gasteiger partial charge in [-0.05, 0) is 12.0 Å². The summed E-state index contributed by atoms with van der Waals surface area (Å²) in [4.78, 5) is 0. The van der Waals surface area contributed by atoms with E-state index in [-0.39, 0.29) is 12.6 Å². The van der Waals surface area contributed by atoms with E-state index in [0.717, 1.165) is 6.42 Å². The lowest BCUT2D eigenvalue weighted by molar-refractivity contribution is 0.250. The molecule has 2 rings (SSSR count). The number of aliphatic hydroxyl groups is 1. The highest BCUT2D eigenvalue weighted by Crippen LogP contribution is 2.20. The van der Waals surface area contributed by atoms with Gasteiger partial charge in [0.2, 0.25) is 0 Å². The Bertz CT molecular complexity index is 307. The maximum Gasteiger partial charge on any atom is 0.0620 e. The molecule has 0 fully saturated rings. The summed E-state index contributed by atoms with van der Waals surface area (Å²) in [5.74, 6) is 0. The number of rotatable bonds is 2. The molecule has 0 saturated carbocycles. The average molecular weight is 189 g/mol. The molecule has 1 aromatic carbocycles. The van der Waals surface area contributed by atoms with Gasteiger partial charge in [0.15, 0.2) is 0 Å². The Morgan fingerprint density at radius 3 is 2.79 bits per heavy atom. The van der Waals surface area contributed by atoms with Crippen molar-refractivity contribution in [1.82, 2.24) is 5.32 Å². The highest BCUT2D eigenvalue weighted by Gasteiger charge is 2.16. The smallest absolute Gasteiger partial charge is 0.0620 e. The molecule has 0 aromatic heterocycles. The van der Waals surface area contributed by atoms with Crippen molar-refractivity contribution in [2.24, 2.45) is 0 Å². The zero-order valence-corrected chi connectivity index (χ0v) is 8.06. The van der Waals surface area contributed by atoms with Crippen molar-refractivity contribution in [1.29, 1.82) is 0 Å². The Balaban J connectivity index is 2.10. The molecule has 2 heteroatoms. The molecule has 0 spiro atoms. The van der Waals surface area contributed by atoms with Gasteiger partial charge in [0.25, 0.3) is 0 Å². The molecule has 0 amide bonds. The molecule has 1 aromatic rings. The molecule has 74 valence electrons. The van der Waals surface area contributed by atoms with E-state index in [4.69, 9.17) is 5.11 Å². The van der Waals surface area contributed by atoms with Crippen molar-refractivity contribution in [3.63, 3.8) is 0 Å². The molecule has 0 bridgehead atoms.